The number of amides is 1. The van der Waals surface area contributed by atoms with Crippen molar-refractivity contribution in [2.45, 2.75) is 6.92 Å². The van der Waals surface area contributed by atoms with E-state index in [4.69, 9.17) is 9.47 Å². The Labute approximate surface area is 184 Å². The van der Waals surface area contributed by atoms with E-state index in [0.29, 0.717) is 42.1 Å². The van der Waals surface area contributed by atoms with Crippen molar-refractivity contribution in [2.24, 2.45) is 0 Å². The predicted molar refractivity (Wildman–Crippen MR) is 124 cm³/mol. The number of likely N-dealkylation sites (N-methyl/N-ethyl adjacent to an activating group) is 1. The Hall–Kier alpha value is -3.16. The Balaban J connectivity index is 1.99. The Kier molecular flexibility index (Phi) is 6.06. The number of carbonyl (C=O) groups excluding carboxylic acids is 1. The average molecular weight is 437 g/mol. The SMILES string of the molecule is CCN(CCOC)C(=O)c1cc(-c2ccc(OC)cc2)c(=O)n2ccc3ccsc3c12. The van der Waals surface area contributed by atoms with Gasteiger partial charge in [0.1, 0.15) is 5.75 Å². The van der Waals surface area contributed by atoms with Crippen LogP contribution in [0.3, 0.4) is 0 Å². The van der Waals surface area contributed by atoms with E-state index in [-0.39, 0.29) is 11.5 Å². The zero-order valence-electron chi connectivity index (χ0n) is 17.8. The number of methoxy groups -OCH3 is 2. The third kappa shape index (κ3) is 3.82. The molecule has 160 valence electrons. The van der Waals surface area contributed by atoms with Crippen LogP contribution in [0.15, 0.2) is 58.8 Å². The van der Waals surface area contributed by atoms with E-state index >= 15 is 0 Å². The number of carbonyl (C=O) groups is 1. The maximum absolute atomic E-state index is 13.6. The standard InChI is InChI=1S/C24H24N2O4S/c1-4-25(12-13-29-2)23(27)20-15-19(16-5-7-18(30-3)8-6-16)24(28)26-11-9-17-10-14-31-22(17)21(20)26/h5-11,14-15H,4,12-13H2,1-3H3. The summed E-state index contributed by atoms with van der Waals surface area (Å²) in [5.74, 6) is 0.589. The second-order valence-electron chi connectivity index (χ2n) is 7.12. The van der Waals surface area contributed by atoms with Crippen LogP contribution in [-0.2, 0) is 4.74 Å². The number of nitrogens with zero attached hydrogens (tertiary/aromatic N) is 2. The van der Waals surface area contributed by atoms with Crippen LogP contribution in [0.2, 0.25) is 0 Å². The Bertz CT molecular complexity index is 1290. The van der Waals surface area contributed by atoms with Gasteiger partial charge in [0.05, 0.1) is 29.5 Å². The van der Waals surface area contributed by atoms with Crippen LogP contribution in [0.1, 0.15) is 17.3 Å². The van der Waals surface area contributed by atoms with Crippen LogP contribution in [-0.4, -0.2) is 49.1 Å². The van der Waals surface area contributed by atoms with Crippen molar-refractivity contribution in [2.75, 3.05) is 33.9 Å². The highest BCUT2D eigenvalue weighted by molar-refractivity contribution is 7.18. The van der Waals surface area contributed by atoms with Gasteiger partial charge < -0.3 is 14.4 Å². The molecule has 0 saturated carbocycles. The highest BCUT2D eigenvalue weighted by Crippen LogP contribution is 2.30. The number of fused-ring (bicyclic) bond motifs is 3. The molecule has 0 unspecified atom stereocenters. The van der Waals surface area contributed by atoms with Gasteiger partial charge in [-0.05, 0) is 53.6 Å². The molecule has 4 aromatic rings. The summed E-state index contributed by atoms with van der Waals surface area (Å²) >= 11 is 1.53. The first kappa shape index (κ1) is 21.1. The number of rotatable bonds is 7. The van der Waals surface area contributed by atoms with Gasteiger partial charge in [0.25, 0.3) is 11.5 Å². The van der Waals surface area contributed by atoms with Gasteiger partial charge in [-0.3, -0.25) is 14.0 Å². The molecule has 0 aliphatic heterocycles. The van der Waals surface area contributed by atoms with E-state index in [1.807, 2.05) is 48.7 Å². The topological polar surface area (TPSA) is 60.2 Å². The number of hydrogen-bond acceptors (Lipinski definition) is 5. The van der Waals surface area contributed by atoms with Gasteiger partial charge in [-0.2, -0.15) is 0 Å². The summed E-state index contributed by atoms with van der Waals surface area (Å²) in [6.45, 7) is 3.42. The molecule has 0 bridgehead atoms. The van der Waals surface area contributed by atoms with E-state index in [0.717, 1.165) is 15.6 Å². The average Bonchev–Trinajstić information content (AvgIpc) is 3.29. The minimum atomic E-state index is -0.160. The smallest absolute Gasteiger partial charge is 0.263 e. The van der Waals surface area contributed by atoms with Gasteiger partial charge >= 0.3 is 0 Å². The van der Waals surface area contributed by atoms with Crippen LogP contribution >= 0.6 is 11.3 Å². The van der Waals surface area contributed by atoms with Crippen LogP contribution in [0, 0.1) is 0 Å². The number of aromatic nitrogens is 1. The highest BCUT2D eigenvalue weighted by atomic mass is 32.1. The molecular formula is C24H24N2O4S. The van der Waals surface area contributed by atoms with E-state index in [9.17, 15) is 9.59 Å². The van der Waals surface area contributed by atoms with Gasteiger partial charge in [0.2, 0.25) is 0 Å². The number of hydrogen-bond donors (Lipinski definition) is 0. The fourth-order valence-electron chi connectivity index (χ4n) is 3.72. The van der Waals surface area contributed by atoms with Crippen molar-refractivity contribution in [3.63, 3.8) is 0 Å². The van der Waals surface area contributed by atoms with Crippen molar-refractivity contribution < 1.29 is 14.3 Å². The molecule has 0 aliphatic carbocycles. The number of pyridine rings is 2. The van der Waals surface area contributed by atoms with Gasteiger partial charge in [0.15, 0.2) is 0 Å². The molecule has 0 N–H and O–H groups in total. The fraction of sp³-hybridized carbons (Fsp3) is 0.250. The van der Waals surface area contributed by atoms with E-state index in [1.165, 1.54) is 11.3 Å². The first-order chi connectivity index (χ1) is 15.1. The van der Waals surface area contributed by atoms with E-state index in [2.05, 4.69) is 0 Å². The molecule has 0 atom stereocenters. The highest BCUT2D eigenvalue weighted by Gasteiger charge is 2.22. The third-order valence-corrected chi connectivity index (χ3v) is 6.35. The second kappa shape index (κ2) is 8.91. The molecule has 3 heterocycles. The van der Waals surface area contributed by atoms with Crippen LogP contribution in [0.4, 0.5) is 0 Å². The van der Waals surface area contributed by atoms with E-state index in [1.54, 1.807) is 35.8 Å². The molecule has 7 heteroatoms. The van der Waals surface area contributed by atoms with Crippen molar-refractivity contribution in [3.8, 4) is 16.9 Å². The zero-order chi connectivity index (χ0) is 22.0. The summed E-state index contributed by atoms with van der Waals surface area (Å²) in [5.41, 5.74) is 2.21. The minimum absolute atomic E-state index is 0.118. The molecule has 0 spiro atoms. The largest absolute Gasteiger partial charge is 0.497 e. The van der Waals surface area contributed by atoms with Gasteiger partial charge in [-0.25, -0.2) is 0 Å². The Morgan fingerprint density at radius 1 is 1.13 bits per heavy atom. The third-order valence-electron chi connectivity index (χ3n) is 5.41. The number of thiophene rings is 1. The summed E-state index contributed by atoms with van der Waals surface area (Å²) in [5, 5.41) is 2.99. The molecule has 0 aliphatic rings. The number of ether oxygens (including phenoxy) is 2. The molecule has 1 aromatic carbocycles. The summed E-state index contributed by atoms with van der Waals surface area (Å²) in [4.78, 5) is 28.8. The Morgan fingerprint density at radius 2 is 1.90 bits per heavy atom. The quantitative estimate of drug-likeness (QED) is 0.433. The first-order valence-corrected chi connectivity index (χ1v) is 10.9. The fourth-order valence-corrected chi connectivity index (χ4v) is 4.67. The summed E-state index contributed by atoms with van der Waals surface area (Å²) in [6, 6.07) is 12.9. The van der Waals surface area contributed by atoms with E-state index < -0.39 is 0 Å². The second-order valence-corrected chi connectivity index (χ2v) is 8.04. The lowest BCUT2D eigenvalue weighted by Crippen LogP contribution is -2.34. The molecule has 1 amide bonds. The molecule has 0 fully saturated rings. The molecule has 4 rings (SSSR count). The summed E-state index contributed by atoms with van der Waals surface area (Å²) < 4.78 is 12.9. The van der Waals surface area contributed by atoms with Gasteiger partial charge in [0, 0.05) is 32.0 Å². The Morgan fingerprint density at radius 3 is 2.58 bits per heavy atom. The summed E-state index contributed by atoms with van der Waals surface area (Å²) in [6.07, 6.45) is 1.75. The van der Waals surface area contributed by atoms with Crippen LogP contribution in [0.25, 0.3) is 26.7 Å². The van der Waals surface area contributed by atoms with Crippen molar-refractivity contribution in [1.29, 1.82) is 0 Å². The van der Waals surface area contributed by atoms with Crippen molar-refractivity contribution in [1.82, 2.24) is 9.30 Å². The van der Waals surface area contributed by atoms with Crippen LogP contribution < -0.4 is 10.3 Å². The van der Waals surface area contributed by atoms with Crippen molar-refractivity contribution in [3.05, 3.63) is 70.0 Å². The maximum atomic E-state index is 13.6. The molecule has 31 heavy (non-hydrogen) atoms. The molecule has 3 aromatic heterocycles. The maximum Gasteiger partial charge on any atom is 0.263 e. The lowest BCUT2D eigenvalue weighted by atomic mass is 10.0. The first-order valence-electron chi connectivity index (χ1n) is 10.1. The van der Waals surface area contributed by atoms with Gasteiger partial charge in [-0.1, -0.05) is 12.1 Å². The van der Waals surface area contributed by atoms with Crippen molar-refractivity contribution >= 4 is 32.8 Å². The lowest BCUT2D eigenvalue weighted by Gasteiger charge is -2.22. The van der Waals surface area contributed by atoms with Crippen LogP contribution in [0.5, 0.6) is 5.75 Å². The van der Waals surface area contributed by atoms with Gasteiger partial charge in [-0.15, -0.1) is 11.3 Å². The lowest BCUT2D eigenvalue weighted by molar-refractivity contribution is 0.0708. The molecular weight excluding hydrogens is 412 g/mol. The number of benzene rings is 1. The normalized spacial score (nSPS) is 11.2. The summed E-state index contributed by atoms with van der Waals surface area (Å²) in [7, 11) is 3.22. The zero-order valence-corrected chi connectivity index (χ0v) is 18.6. The molecule has 6 nitrogen and oxygen atoms in total. The minimum Gasteiger partial charge on any atom is -0.497 e. The molecule has 0 saturated heterocycles. The molecule has 0 radical (unpaired) electrons. The monoisotopic (exact) mass is 436 g/mol. The predicted octanol–water partition coefficient (Wildman–Crippen LogP) is 4.30.